The molecular weight excluding hydrogens is 249 g/mol. The first-order chi connectivity index (χ1) is 7.72. The molecule has 16 heavy (non-hydrogen) atoms. The number of hydrogen-bond acceptors (Lipinski definition) is 4. The van der Waals surface area contributed by atoms with Crippen LogP contribution in [0.4, 0.5) is 4.39 Å². The van der Waals surface area contributed by atoms with Gasteiger partial charge in [-0.2, -0.15) is 0 Å². The predicted molar refractivity (Wildman–Crippen MR) is 62.2 cm³/mol. The van der Waals surface area contributed by atoms with E-state index in [9.17, 15) is 4.39 Å². The summed E-state index contributed by atoms with van der Waals surface area (Å²) >= 11 is 7.29. The third kappa shape index (κ3) is 2.21. The molecule has 1 aromatic heterocycles. The van der Waals surface area contributed by atoms with Gasteiger partial charge in [0.05, 0.1) is 11.7 Å². The summed E-state index contributed by atoms with van der Waals surface area (Å²) in [7, 11) is 1.77. The minimum absolute atomic E-state index is 0.234. The zero-order valence-corrected chi connectivity index (χ0v) is 10.0. The molecule has 1 N–H and O–H groups in total. The average Bonchev–Trinajstić information content (AvgIpc) is 2.78. The van der Waals surface area contributed by atoms with E-state index >= 15 is 0 Å². The Kier molecular flexibility index (Phi) is 3.48. The topological polar surface area (TPSA) is 37.8 Å². The standard InChI is InChI=1S/C10H9ClFN3S/c1-13-10(9-5-16-15-14-9)7-4-6(12)2-3-8(7)11/h2-5,10,13H,1H3. The molecule has 0 bridgehead atoms. The van der Waals surface area contributed by atoms with Crippen molar-refractivity contribution < 1.29 is 4.39 Å². The molecule has 0 spiro atoms. The molecule has 0 amide bonds. The fourth-order valence-electron chi connectivity index (χ4n) is 1.50. The second-order valence-corrected chi connectivity index (χ2v) is 4.23. The third-order valence-electron chi connectivity index (χ3n) is 2.23. The summed E-state index contributed by atoms with van der Waals surface area (Å²) in [6, 6.07) is 4.04. The summed E-state index contributed by atoms with van der Waals surface area (Å²) in [4.78, 5) is 0. The van der Waals surface area contributed by atoms with E-state index in [1.54, 1.807) is 7.05 Å². The molecule has 2 aromatic rings. The van der Waals surface area contributed by atoms with Gasteiger partial charge in [0.15, 0.2) is 0 Å². The number of benzene rings is 1. The van der Waals surface area contributed by atoms with E-state index in [0.29, 0.717) is 10.6 Å². The maximum absolute atomic E-state index is 13.2. The number of rotatable bonds is 3. The lowest BCUT2D eigenvalue weighted by molar-refractivity contribution is 0.613. The van der Waals surface area contributed by atoms with Crippen molar-refractivity contribution in [2.24, 2.45) is 0 Å². The van der Waals surface area contributed by atoms with E-state index in [-0.39, 0.29) is 11.9 Å². The Morgan fingerprint density at radius 3 is 2.94 bits per heavy atom. The molecule has 0 saturated heterocycles. The molecule has 84 valence electrons. The Balaban J connectivity index is 2.44. The van der Waals surface area contributed by atoms with Crippen LogP contribution in [-0.4, -0.2) is 16.6 Å². The van der Waals surface area contributed by atoms with Gasteiger partial charge in [0.25, 0.3) is 0 Å². The van der Waals surface area contributed by atoms with Crippen LogP contribution in [0.1, 0.15) is 17.3 Å². The number of nitrogens with one attached hydrogen (secondary N) is 1. The first-order valence-corrected chi connectivity index (χ1v) is 5.83. The summed E-state index contributed by atoms with van der Waals surface area (Å²) in [6.45, 7) is 0. The van der Waals surface area contributed by atoms with Gasteiger partial charge < -0.3 is 5.32 Å². The van der Waals surface area contributed by atoms with Gasteiger partial charge in [0.2, 0.25) is 0 Å². The van der Waals surface area contributed by atoms with Crippen LogP contribution in [0.2, 0.25) is 5.02 Å². The molecule has 0 aliphatic carbocycles. The van der Waals surface area contributed by atoms with Crippen molar-refractivity contribution in [2.75, 3.05) is 7.05 Å². The molecule has 6 heteroatoms. The molecule has 2 rings (SSSR count). The van der Waals surface area contributed by atoms with E-state index in [0.717, 1.165) is 5.69 Å². The lowest BCUT2D eigenvalue weighted by Gasteiger charge is -2.15. The molecule has 0 aliphatic heterocycles. The van der Waals surface area contributed by atoms with Crippen LogP contribution >= 0.6 is 23.1 Å². The smallest absolute Gasteiger partial charge is 0.123 e. The van der Waals surface area contributed by atoms with Crippen molar-refractivity contribution in [3.8, 4) is 0 Å². The zero-order valence-electron chi connectivity index (χ0n) is 8.45. The van der Waals surface area contributed by atoms with Gasteiger partial charge in [0.1, 0.15) is 5.82 Å². The van der Waals surface area contributed by atoms with Crippen LogP contribution in [0.15, 0.2) is 23.6 Å². The SMILES string of the molecule is CNC(c1csnn1)c1cc(F)ccc1Cl. The Morgan fingerprint density at radius 1 is 1.50 bits per heavy atom. The van der Waals surface area contributed by atoms with E-state index in [1.807, 2.05) is 5.38 Å². The predicted octanol–water partition coefficient (Wildman–Crippen LogP) is 2.64. The quantitative estimate of drug-likeness (QED) is 0.919. The highest BCUT2D eigenvalue weighted by Gasteiger charge is 2.18. The lowest BCUT2D eigenvalue weighted by Crippen LogP contribution is -2.18. The van der Waals surface area contributed by atoms with Crippen molar-refractivity contribution in [1.82, 2.24) is 14.9 Å². The molecule has 0 fully saturated rings. The van der Waals surface area contributed by atoms with E-state index < -0.39 is 0 Å². The third-order valence-corrected chi connectivity index (χ3v) is 3.10. The normalized spacial score (nSPS) is 12.7. The van der Waals surface area contributed by atoms with Crippen LogP contribution in [0, 0.1) is 5.82 Å². The molecule has 0 aliphatic rings. The van der Waals surface area contributed by atoms with Gasteiger partial charge in [-0.25, -0.2) is 4.39 Å². The molecule has 1 unspecified atom stereocenters. The average molecular weight is 258 g/mol. The van der Waals surface area contributed by atoms with Crippen molar-refractivity contribution in [3.05, 3.63) is 45.7 Å². The van der Waals surface area contributed by atoms with Crippen molar-refractivity contribution in [3.63, 3.8) is 0 Å². The van der Waals surface area contributed by atoms with E-state index in [2.05, 4.69) is 14.9 Å². The molecule has 1 heterocycles. The van der Waals surface area contributed by atoms with Gasteiger partial charge in [-0.1, -0.05) is 16.1 Å². The largest absolute Gasteiger partial charge is 0.308 e. The fourth-order valence-corrected chi connectivity index (χ4v) is 2.20. The van der Waals surface area contributed by atoms with Gasteiger partial charge in [-0.05, 0) is 42.3 Å². The van der Waals surface area contributed by atoms with Crippen molar-refractivity contribution in [2.45, 2.75) is 6.04 Å². The highest BCUT2D eigenvalue weighted by molar-refractivity contribution is 7.03. The molecule has 1 aromatic carbocycles. The van der Waals surface area contributed by atoms with E-state index in [4.69, 9.17) is 11.6 Å². The molecule has 0 radical (unpaired) electrons. The summed E-state index contributed by atoms with van der Waals surface area (Å²) < 4.78 is 16.9. The highest BCUT2D eigenvalue weighted by atomic mass is 35.5. The van der Waals surface area contributed by atoms with Crippen LogP contribution in [0.25, 0.3) is 0 Å². The van der Waals surface area contributed by atoms with Crippen molar-refractivity contribution >= 4 is 23.1 Å². The van der Waals surface area contributed by atoms with Crippen molar-refractivity contribution in [1.29, 1.82) is 0 Å². The lowest BCUT2D eigenvalue weighted by atomic mass is 10.0. The van der Waals surface area contributed by atoms with Crippen LogP contribution in [0.5, 0.6) is 0 Å². The van der Waals surface area contributed by atoms with Crippen LogP contribution in [-0.2, 0) is 0 Å². The minimum atomic E-state index is -0.317. The summed E-state index contributed by atoms with van der Waals surface area (Å²) in [5.41, 5.74) is 1.40. The summed E-state index contributed by atoms with van der Waals surface area (Å²) in [5.74, 6) is -0.317. The molecular formula is C10H9ClFN3S. The van der Waals surface area contributed by atoms with E-state index in [1.165, 1.54) is 29.7 Å². The monoisotopic (exact) mass is 257 g/mol. The first kappa shape index (κ1) is 11.4. The van der Waals surface area contributed by atoms with Crippen LogP contribution < -0.4 is 5.32 Å². The first-order valence-electron chi connectivity index (χ1n) is 4.61. The minimum Gasteiger partial charge on any atom is -0.308 e. The Labute approximate surface area is 101 Å². The second-order valence-electron chi connectivity index (χ2n) is 3.22. The second kappa shape index (κ2) is 4.86. The zero-order chi connectivity index (χ0) is 11.5. The maximum Gasteiger partial charge on any atom is 0.123 e. The number of halogens is 2. The molecule has 1 atom stereocenters. The number of nitrogens with zero attached hydrogens (tertiary/aromatic N) is 2. The fraction of sp³-hybridized carbons (Fsp3) is 0.200. The summed E-state index contributed by atoms with van der Waals surface area (Å²) in [6.07, 6.45) is 0. The van der Waals surface area contributed by atoms with Gasteiger partial charge in [0, 0.05) is 10.4 Å². The molecule has 3 nitrogen and oxygen atoms in total. The molecule has 0 saturated carbocycles. The van der Waals surface area contributed by atoms with Crippen LogP contribution in [0.3, 0.4) is 0 Å². The van der Waals surface area contributed by atoms with Gasteiger partial charge in [-0.15, -0.1) is 5.10 Å². The van der Waals surface area contributed by atoms with Gasteiger partial charge in [-0.3, -0.25) is 0 Å². The Bertz CT molecular complexity index is 475. The Hall–Kier alpha value is -1.04. The number of hydrogen-bond donors (Lipinski definition) is 1. The Morgan fingerprint density at radius 2 is 2.31 bits per heavy atom. The number of aromatic nitrogens is 2. The maximum atomic E-state index is 13.2. The van der Waals surface area contributed by atoms with Gasteiger partial charge >= 0.3 is 0 Å². The summed E-state index contributed by atoms with van der Waals surface area (Å²) in [5, 5.41) is 9.32. The highest BCUT2D eigenvalue weighted by Crippen LogP contribution is 2.28.